The molecule has 0 radical (unpaired) electrons. The third-order valence-corrected chi connectivity index (χ3v) is 3.52. The number of halogens is 2. The van der Waals surface area contributed by atoms with Crippen molar-refractivity contribution in [2.45, 2.75) is 26.8 Å². The summed E-state index contributed by atoms with van der Waals surface area (Å²) in [4.78, 5) is 2.35. The first-order valence-corrected chi connectivity index (χ1v) is 6.87. The molecule has 0 bridgehead atoms. The van der Waals surface area contributed by atoms with Crippen LogP contribution in [0.2, 0.25) is 5.02 Å². The van der Waals surface area contributed by atoms with Gasteiger partial charge in [-0.2, -0.15) is 0 Å². The van der Waals surface area contributed by atoms with E-state index in [1.165, 1.54) is 6.07 Å². The molecule has 0 saturated heterocycles. The maximum absolute atomic E-state index is 13.3. The molecule has 1 N–H and O–H groups in total. The second-order valence-electron chi connectivity index (χ2n) is 4.38. The second kappa shape index (κ2) is 7.72. The van der Waals surface area contributed by atoms with E-state index < -0.39 is 0 Å². The summed E-state index contributed by atoms with van der Waals surface area (Å²) >= 11 is 5.67. The van der Waals surface area contributed by atoms with Gasteiger partial charge in [0, 0.05) is 19.1 Å². The van der Waals surface area contributed by atoms with E-state index in [0.717, 1.165) is 31.7 Å². The Morgan fingerprint density at radius 1 is 1.33 bits per heavy atom. The van der Waals surface area contributed by atoms with Crippen molar-refractivity contribution < 1.29 is 4.39 Å². The lowest BCUT2D eigenvalue weighted by atomic mass is 10.1. The van der Waals surface area contributed by atoms with Gasteiger partial charge in [0.05, 0.1) is 5.02 Å². The molecule has 0 amide bonds. The van der Waals surface area contributed by atoms with Gasteiger partial charge in [0.1, 0.15) is 5.82 Å². The Bertz CT molecular complexity index is 367. The smallest absolute Gasteiger partial charge is 0.142 e. The molecule has 0 spiro atoms. The minimum atomic E-state index is -0.355. The fourth-order valence-corrected chi connectivity index (χ4v) is 2.00. The van der Waals surface area contributed by atoms with Gasteiger partial charge in [-0.15, -0.1) is 0 Å². The van der Waals surface area contributed by atoms with Crippen LogP contribution in [0.25, 0.3) is 0 Å². The van der Waals surface area contributed by atoms with E-state index in [0.29, 0.717) is 0 Å². The van der Waals surface area contributed by atoms with Crippen LogP contribution in [-0.2, 0) is 0 Å². The summed E-state index contributed by atoms with van der Waals surface area (Å²) in [7, 11) is 0. The molecule has 18 heavy (non-hydrogen) atoms. The quantitative estimate of drug-likeness (QED) is 0.818. The van der Waals surface area contributed by atoms with Crippen LogP contribution in [0.5, 0.6) is 0 Å². The number of likely N-dealkylation sites (N-methyl/N-ethyl adjacent to an activating group) is 1. The van der Waals surface area contributed by atoms with E-state index >= 15 is 0 Å². The molecule has 0 fully saturated rings. The number of hydrogen-bond donors (Lipinski definition) is 1. The van der Waals surface area contributed by atoms with Crippen LogP contribution < -0.4 is 5.32 Å². The van der Waals surface area contributed by atoms with Gasteiger partial charge in [0.15, 0.2) is 0 Å². The highest BCUT2D eigenvalue weighted by molar-refractivity contribution is 6.30. The average molecular weight is 273 g/mol. The van der Waals surface area contributed by atoms with Gasteiger partial charge < -0.3 is 10.2 Å². The van der Waals surface area contributed by atoms with E-state index in [1.54, 1.807) is 6.07 Å². The van der Waals surface area contributed by atoms with Crippen molar-refractivity contribution in [2.75, 3.05) is 26.2 Å². The van der Waals surface area contributed by atoms with Gasteiger partial charge in [0.25, 0.3) is 0 Å². The Morgan fingerprint density at radius 3 is 2.56 bits per heavy atom. The molecule has 0 aliphatic rings. The van der Waals surface area contributed by atoms with E-state index in [2.05, 4.69) is 24.1 Å². The standard InChI is InChI=1S/C14H22ClFN2/c1-4-18(5-2)9-8-17-11(3)12-6-7-13(15)14(16)10-12/h6-7,10-11,17H,4-5,8-9H2,1-3H3. The van der Waals surface area contributed by atoms with Crippen LogP contribution in [0.4, 0.5) is 4.39 Å². The minimum Gasteiger partial charge on any atom is -0.309 e. The van der Waals surface area contributed by atoms with Gasteiger partial charge in [0.2, 0.25) is 0 Å². The van der Waals surface area contributed by atoms with Crippen LogP contribution in [-0.4, -0.2) is 31.1 Å². The Labute approximate surface area is 114 Å². The van der Waals surface area contributed by atoms with Gasteiger partial charge in [-0.25, -0.2) is 4.39 Å². The van der Waals surface area contributed by atoms with Gasteiger partial charge in [-0.05, 0) is 37.7 Å². The molecule has 4 heteroatoms. The molecule has 0 saturated carbocycles. The first kappa shape index (κ1) is 15.4. The number of nitrogens with zero attached hydrogens (tertiary/aromatic N) is 1. The zero-order valence-corrected chi connectivity index (χ0v) is 12.1. The lowest BCUT2D eigenvalue weighted by Gasteiger charge is -2.20. The lowest BCUT2D eigenvalue weighted by molar-refractivity contribution is 0.298. The van der Waals surface area contributed by atoms with Crippen LogP contribution >= 0.6 is 11.6 Å². The number of nitrogens with one attached hydrogen (secondary N) is 1. The topological polar surface area (TPSA) is 15.3 Å². The van der Waals surface area contributed by atoms with E-state index in [-0.39, 0.29) is 16.9 Å². The van der Waals surface area contributed by atoms with Crippen LogP contribution in [0.15, 0.2) is 18.2 Å². The number of hydrogen-bond acceptors (Lipinski definition) is 2. The lowest BCUT2D eigenvalue weighted by Crippen LogP contribution is -2.33. The van der Waals surface area contributed by atoms with Crippen molar-refractivity contribution in [1.29, 1.82) is 0 Å². The molecule has 2 nitrogen and oxygen atoms in total. The minimum absolute atomic E-state index is 0.132. The molecule has 0 aromatic heterocycles. The summed E-state index contributed by atoms with van der Waals surface area (Å²) in [6.07, 6.45) is 0. The third kappa shape index (κ3) is 4.56. The predicted octanol–water partition coefficient (Wildman–Crippen LogP) is 3.47. The summed E-state index contributed by atoms with van der Waals surface area (Å²) in [5, 5.41) is 3.57. The highest BCUT2D eigenvalue weighted by Crippen LogP contribution is 2.19. The number of benzene rings is 1. The fraction of sp³-hybridized carbons (Fsp3) is 0.571. The Hall–Kier alpha value is -0.640. The molecule has 1 aromatic rings. The second-order valence-corrected chi connectivity index (χ2v) is 4.78. The van der Waals surface area contributed by atoms with Crippen molar-refractivity contribution in [1.82, 2.24) is 10.2 Å². The SMILES string of the molecule is CCN(CC)CCNC(C)c1ccc(Cl)c(F)c1. The molecular formula is C14H22ClFN2. The third-order valence-electron chi connectivity index (χ3n) is 3.22. The summed E-state index contributed by atoms with van der Waals surface area (Å²) in [6, 6.07) is 5.10. The molecule has 0 heterocycles. The van der Waals surface area contributed by atoms with Crippen LogP contribution in [0.3, 0.4) is 0 Å². The first-order chi connectivity index (χ1) is 8.58. The number of rotatable bonds is 7. The largest absolute Gasteiger partial charge is 0.309 e. The van der Waals surface area contributed by atoms with Gasteiger partial charge in [-0.1, -0.05) is 31.5 Å². The molecule has 1 aromatic carbocycles. The first-order valence-electron chi connectivity index (χ1n) is 6.49. The zero-order chi connectivity index (χ0) is 13.5. The van der Waals surface area contributed by atoms with E-state index in [4.69, 9.17) is 11.6 Å². The van der Waals surface area contributed by atoms with Crippen molar-refractivity contribution in [3.63, 3.8) is 0 Å². The summed E-state index contributed by atoms with van der Waals surface area (Å²) in [6.45, 7) is 10.4. The highest BCUT2D eigenvalue weighted by atomic mass is 35.5. The normalized spacial score (nSPS) is 13.0. The van der Waals surface area contributed by atoms with Crippen molar-refractivity contribution in [3.8, 4) is 0 Å². The van der Waals surface area contributed by atoms with E-state index in [9.17, 15) is 4.39 Å². The molecule has 0 aliphatic heterocycles. The molecule has 0 aliphatic carbocycles. The van der Waals surface area contributed by atoms with Gasteiger partial charge in [-0.3, -0.25) is 0 Å². The Morgan fingerprint density at radius 2 is 2.00 bits per heavy atom. The molecule has 1 rings (SSSR count). The molecule has 1 atom stereocenters. The summed E-state index contributed by atoms with van der Waals surface area (Å²) in [5.74, 6) is -0.355. The highest BCUT2D eigenvalue weighted by Gasteiger charge is 2.08. The summed E-state index contributed by atoms with van der Waals surface area (Å²) in [5.41, 5.74) is 0.927. The summed E-state index contributed by atoms with van der Waals surface area (Å²) < 4.78 is 13.3. The zero-order valence-electron chi connectivity index (χ0n) is 11.3. The average Bonchev–Trinajstić information content (AvgIpc) is 2.37. The fourth-order valence-electron chi connectivity index (χ4n) is 1.88. The van der Waals surface area contributed by atoms with Crippen molar-refractivity contribution in [2.24, 2.45) is 0 Å². The maximum atomic E-state index is 13.3. The van der Waals surface area contributed by atoms with Gasteiger partial charge >= 0.3 is 0 Å². The van der Waals surface area contributed by atoms with Crippen LogP contribution in [0, 0.1) is 5.82 Å². The maximum Gasteiger partial charge on any atom is 0.142 e. The molecule has 1 unspecified atom stereocenters. The predicted molar refractivity (Wildman–Crippen MR) is 75.6 cm³/mol. The van der Waals surface area contributed by atoms with Crippen molar-refractivity contribution >= 4 is 11.6 Å². The van der Waals surface area contributed by atoms with Crippen LogP contribution in [0.1, 0.15) is 32.4 Å². The van der Waals surface area contributed by atoms with E-state index in [1.807, 2.05) is 13.0 Å². The molecule has 102 valence electrons. The Kier molecular flexibility index (Phi) is 6.61. The Balaban J connectivity index is 2.45. The molecular weight excluding hydrogens is 251 g/mol. The van der Waals surface area contributed by atoms with Crippen molar-refractivity contribution in [3.05, 3.63) is 34.6 Å². The monoisotopic (exact) mass is 272 g/mol.